The molecule has 0 bridgehead atoms. The summed E-state index contributed by atoms with van der Waals surface area (Å²) >= 11 is 9.00. The molecule has 0 saturated carbocycles. The first-order chi connectivity index (χ1) is 10.1. The fraction of sp³-hybridized carbons (Fsp3) is 0.235. The standard InChI is InChI=1S/C17H17BrN2S/c1-12(7-8-13-5-3-2-4-6-13)20-16-10-9-14(18)11-15(16)19-17(20)21/h2-6,9-12H,7-8H2,1H3,(H,19,21). The van der Waals surface area contributed by atoms with Crippen molar-refractivity contribution >= 4 is 39.2 Å². The van der Waals surface area contributed by atoms with Gasteiger partial charge in [-0.1, -0.05) is 46.3 Å². The summed E-state index contributed by atoms with van der Waals surface area (Å²) in [6.07, 6.45) is 2.13. The van der Waals surface area contributed by atoms with E-state index in [0.29, 0.717) is 6.04 Å². The Morgan fingerprint density at radius 2 is 1.95 bits per heavy atom. The van der Waals surface area contributed by atoms with E-state index in [1.54, 1.807) is 0 Å². The molecule has 0 aliphatic rings. The lowest BCUT2D eigenvalue weighted by Crippen LogP contribution is -2.06. The molecule has 0 fully saturated rings. The van der Waals surface area contributed by atoms with Gasteiger partial charge < -0.3 is 9.55 Å². The van der Waals surface area contributed by atoms with E-state index >= 15 is 0 Å². The van der Waals surface area contributed by atoms with Gasteiger partial charge in [0.05, 0.1) is 11.0 Å². The molecule has 108 valence electrons. The Balaban J connectivity index is 1.86. The largest absolute Gasteiger partial charge is 0.331 e. The predicted molar refractivity (Wildman–Crippen MR) is 94.3 cm³/mol. The van der Waals surface area contributed by atoms with Crippen LogP contribution in [-0.4, -0.2) is 9.55 Å². The third-order valence-corrected chi connectivity index (χ3v) is 4.60. The molecule has 0 saturated heterocycles. The van der Waals surface area contributed by atoms with Crippen LogP contribution in [0.25, 0.3) is 11.0 Å². The number of aryl methyl sites for hydroxylation is 1. The van der Waals surface area contributed by atoms with Crippen LogP contribution >= 0.6 is 28.1 Å². The molecule has 1 atom stereocenters. The van der Waals surface area contributed by atoms with Crippen molar-refractivity contribution in [3.8, 4) is 0 Å². The first-order valence-corrected chi connectivity index (χ1v) is 8.29. The number of aromatic nitrogens is 2. The molecule has 3 rings (SSSR count). The fourth-order valence-corrected chi connectivity index (χ4v) is 3.44. The number of nitrogens with one attached hydrogen (secondary N) is 1. The van der Waals surface area contributed by atoms with E-state index in [-0.39, 0.29) is 0 Å². The van der Waals surface area contributed by atoms with Crippen molar-refractivity contribution in [1.29, 1.82) is 0 Å². The summed E-state index contributed by atoms with van der Waals surface area (Å²) in [6.45, 7) is 2.23. The fourth-order valence-electron chi connectivity index (χ4n) is 2.69. The van der Waals surface area contributed by atoms with E-state index in [2.05, 4.69) is 80.9 Å². The molecule has 1 unspecified atom stereocenters. The second kappa shape index (κ2) is 6.16. The van der Waals surface area contributed by atoms with E-state index in [1.165, 1.54) is 11.1 Å². The number of H-pyrrole nitrogens is 1. The van der Waals surface area contributed by atoms with Gasteiger partial charge in [-0.05, 0) is 55.7 Å². The van der Waals surface area contributed by atoms with Crippen LogP contribution in [0.4, 0.5) is 0 Å². The number of imidazole rings is 1. The minimum absolute atomic E-state index is 0.368. The number of aromatic amines is 1. The topological polar surface area (TPSA) is 20.7 Å². The minimum atomic E-state index is 0.368. The van der Waals surface area contributed by atoms with Crippen molar-refractivity contribution in [1.82, 2.24) is 9.55 Å². The average Bonchev–Trinajstić information content (AvgIpc) is 2.81. The van der Waals surface area contributed by atoms with E-state index in [9.17, 15) is 0 Å². The van der Waals surface area contributed by atoms with Gasteiger partial charge in [-0.25, -0.2) is 0 Å². The van der Waals surface area contributed by atoms with Gasteiger partial charge in [0.15, 0.2) is 4.77 Å². The highest BCUT2D eigenvalue weighted by atomic mass is 79.9. The van der Waals surface area contributed by atoms with Gasteiger partial charge in [0, 0.05) is 10.5 Å². The van der Waals surface area contributed by atoms with Gasteiger partial charge in [-0.15, -0.1) is 0 Å². The Bertz CT molecular complexity index is 805. The molecule has 0 aliphatic carbocycles. The summed E-state index contributed by atoms with van der Waals surface area (Å²) < 4.78 is 4.08. The molecule has 3 aromatic rings. The second-order valence-electron chi connectivity index (χ2n) is 5.33. The Morgan fingerprint density at radius 1 is 1.19 bits per heavy atom. The molecule has 0 spiro atoms. The van der Waals surface area contributed by atoms with Crippen LogP contribution in [0, 0.1) is 4.77 Å². The van der Waals surface area contributed by atoms with Crippen LogP contribution in [-0.2, 0) is 6.42 Å². The van der Waals surface area contributed by atoms with Crippen molar-refractivity contribution in [3.05, 3.63) is 63.3 Å². The summed E-state index contributed by atoms with van der Waals surface area (Å²) in [5.74, 6) is 0. The zero-order valence-electron chi connectivity index (χ0n) is 11.8. The third-order valence-electron chi connectivity index (χ3n) is 3.81. The molecule has 4 heteroatoms. The molecular formula is C17H17BrN2S. The van der Waals surface area contributed by atoms with E-state index in [1.807, 2.05) is 0 Å². The highest BCUT2D eigenvalue weighted by molar-refractivity contribution is 9.10. The number of hydrogen-bond acceptors (Lipinski definition) is 1. The van der Waals surface area contributed by atoms with Gasteiger partial charge in [0.25, 0.3) is 0 Å². The maximum Gasteiger partial charge on any atom is 0.178 e. The maximum absolute atomic E-state index is 5.50. The van der Waals surface area contributed by atoms with Crippen molar-refractivity contribution in [2.24, 2.45) is 0 Å². The lowest BCUT2D eigenvalue weighted by atomic mass is 10.1. The Labute approximate surface area is 137 Å². The van der Waals surface area contributed by atoms with Gasteiger partial charge >= 0.3 is 0 Å². The number of hydrogen-bond donors (Lipinski definition) is 1. The smallest absolute Gasteiger partial charge is 0.178 e. The van der Waals surface area contributed by atoms with Crippen LogP contribution in [0.3, 0.4) is 0 Å². The van der Waals surface area contributed by atoms with Gasteiger partial charge in [0.1, 0.15) is 0 Å². The molecule has 2 aromatic carbocycles. The summed E-state index contributed by atoms with van der Waals surface area (Å²) in [4.78, 5) is 3.29. The van der Waals surface area contributed by atoms with Gasteiger partial charge in [0.2, 0.25) is 0 Å². The van der Waals surface area contributed by atoms with Crippen molar-refractivity contribution in [2.75, 3.05) is 0 Å². The monoisotopic (exact) mass is 360 g/mol. The summed E-state index contributed by atoms with van der Waals surface area (Å²) in [7, 11) is 0. The van der Waals surface area contributed by atoms with Crippen LogP contribution in [0.5, 0.6) is 0 Å². The Morgan fingerprint density at radius 3 is 2.71 bits per heavy atom. The molecule has 0 aliphatic heterocycles. The zero-order valence-corrected chi connectivity index (χ0v) is 14.2. The lowest BCUT2D eigenvalue weighted by molar-refractivity contribution is 0.514. The van der Waals surface area contributed by atoms with Crippen LogP contribution < -0.4 is 0 Å². The Kier molecular flexibility index (Phi) is 4.27. The molecule has 1 heterocycles. The van der Waals surface area contributed by atoms with Gasteiger partial charge in [-0.2, -0.15) is 0 Å². The molecule has 0 amide bonds. The number of rotatable bonds is 4. The molecule has 21 heavy (non-hydrogen) atoms. The summed E-state index contributed by atoms with van der Waals surface area (Å²) in [6, 6.07) is 17.2. The zero-order chi connectivity index (χ0) is 14.8. The van der Waals surface area contributed by atoms with Crippen LogP contribution in [0.1, 0.15) is 24.9 Å². The number of benzene rings is 2. The van der Waals surface area contributed by atoms with E-state index < -0.39 is 0 Å². The molecule has 1 aromatic heterocycles. The van der Waals surface area contributed by atoms with Gasteiger partial charge in [-0.3, -0.25) is 0 Å². The number of nitrogens with zero attached hydrogens (tertiary/aromatic N) is 1. The second-order valence-corrected chi connectivity index (χ2v) is 6.64. The Hall–Kier alpha value is -1.39. The van der Waals surface area contributed by atoms with Crippen molar-refractivity contribution in [2.45, 2.75) is 25.8 Å². The average molecular weight is 361 g/mol. The highest BCUT2D eigenvalue weighted by Crippen LogP contribution is 2.25. The van der Waals surface area contributed by atoms with Crippen LogP contribution in [0.15, 0.2) is 53.0 Å². The maximum atomic E-state index is 5.50. The van der Waals surface area contributed by atoms with Crippen molar-refractivity contribution in [3.63, 3.8) is 0 Å². The SMILES string of the molecule is CC(CCc1ccccc1)n1c(=S)[nH]c2cc(Br)ccc21. The third kappa shape index (κ3) is 3.11. The first-order valence-electron chi connectivity index (χ1n) is 7.09. The quantitative estimate of drug-likeness (QED) is 0.595. The highest BCUT2D eigenvalue weighted by Gasteiger charge is 2.11. The van der Waals surface area contributed by atoms with Crippen molar-refractivity contribution < 1.29 is 0 Å². The predicted octanol–water partition coefficient (Wildman–Crippen LogP) is 5.66. The molecule has 1 N–H and O–H groups in total. The first kappa shape index (κ1) is 14.5. The lowest BCUT2D eigenvalue weighted by Gasteiger charge is -2.14. The molecule has 0 radical (unpaired) electrons. The number of halogens is 1. The van der Waals surface area contributed by atoms with Crippen LogP contribution in [0.2, 0.25) is 0 Å². The normalized spacial score (nSPS) is 12.7. The number of fused-ring (bicyclic) bond motifs is 1. The summed E-state index contributed by atoms with van der Waals surface area (Å²) in [5, 5.41) is 0. The van der Waals surface area contributed by atoms with E-state index in [0.717, 1.165) is 27.6 Å². The minimum Gasteiger partial charge on any atom is -0.331 e. The summed E-state index contributed by atoms with van der Waals surface area (Å²) in [5.41, 5.74) is 3.63. The molecule has 2 nitrogen and oxygen atoms in total. The van der Waals surface area contributed by atoms with E-state index in [4.69, 9.17) is 12.2 Å². The molecular weight excluding hydrogens is 344 g/mol.